The number of carboxylic acid groups (broad SMARTS) is 2. The minimum atomic E-state index is -2.86. The number of aliphatic carboxylic acids is 2. The van der Waals surface area contributed by atoms with Gasteiger partial charge in [0.2, 0.25) is 0 Å². The fourth-order valence-corrected chi connectivity index (χ4v) is 0.258. The van der Waals surface area contributed by atoms with Crippen molar-refractivity contribution in [3.8, 4) is 0 Å². The molecule has 0 rings (SSSR count). The van der Waals surface area contributed by atoms with Gasteiger partial charge in [-0.3, -0.25) is 4.79 Å². The van der Waals surface area contributed by atoms with Gasteiger partial charge in [-0.1, -0.05) is 6.58 Å². The molecule has 0 unspecified atom stereocenters. The van der Waals surface area contributed by atoms with Crippen molar-refractivity contribution in [2.75, 3.05) is 0 Å². The zero-order chi connectivity index (χ0) is 11.0. The Morgan fingerprint density at radius 1 is 1.21 bits per heavy atom. The van der Waals surface area contributed by atoms with Gasteiger partial charge in [-0.2, -0.15) is 0 Å². The van der Waals surface area contributed by atoms with Gasteiger partial charge in [0.05, 0.1) is 6.42 Å². The molecule has 0 aromatic rings. The van der Waals surface area contributed by atoms with Crippen molar-refractivity contribution < 1.29 is 84.2 Å². The Labute approximate surface area is 124 Å². The fraction of sp³-hybridized carbons (Fsp3) is 0.200. The summed E-state index contributed by atoms with van der Waals surface area (Å²) in [6, 6.07) is 0. The van der Waals surface area contributed by atoms with Gasteiger partial charge in [0.15, 0.2) is 0 Å². The van der Waals surface area contributed by atoms with Crippen molar-refractivity contribution in [3.63, 3.8) is 0 Å². The van der Waals surface area contributed by atoms with Crippen LogP contribution >= 0.6 is 0 Å². The van der Waals surface area contributed by atoms with Crippen molar-refractivity contribution in [1.82, 2.24) is 0 Å². The second kappa shape index (κ2) is 11.3. The van der Waals surface area contributed by atoms with Crippen LogP contribution in [0.5, 0.6) is 0 Å². The maximum atomic E-state index is 9.87. The molecule has 9 heteroatoms. The van der Waals surface area contributed by atoms with Crippen LogP contribution in [0, 0.1) is 0 Å². The Morgan fingerprint density at radius 2 is 1.50 bits per heavy atom. The van der Waals surface area contributed by atoms with Gasteiger partial charge in [-0.25, -0.2) is 4.79 Å². The Kier molecular flexibility index (Phi) is 15.9. The third-order valence-electron chi connectivity index (χ3n) is 0.667. The summed E-state index contributed by atoms with van der Waals surface area (Å²) < 4.78 is 24.1. The zero-order valence-corrected chi connectivity index (χ0v) is 11.2. The Morgan fingerprint density at radius 3 is 1.57 bits per heavy atom. The fourth-order valence-electron chi connectivity index (χ4n) is 0.258. The Hall–Kier alpha value is 0.226. The van der Waals surface area contributed by atoms with E-state index in [1.54, 1.807) is 0 Å². The van der Waals surface area contributed by atoms with E-state index in [9.17, 15) is 9.59 Å². The molecule has 0 heterocycles. The van der Waals surface area contributed by atoms with E-state index in [0.29, 0.717) is 0 Å². The van der Waals surface area contributed by atoms with Crippen molar-refractivity contribution in [1.29, 1.82) is 0 Å². The van der Waals surface area contributed by atoms with Gasteiger partial charge >= 0.3 is 63.3 Å². The molecule has 0 spiro atoms. The molecule has 0 aliphatic carbocycles. The maximum Gasteiger partial charge on any atom is 1.00 e. The maximum absolute atomic E-state index is 9.87. The van der Waals surface area contributed by atoms with Crippen LogP contribution < -0.4 is 51.4 Å². The van der Waals surface area contributed by atoms with Crippen LogP contribution in [0.15, 0.2) is 12.2 Å². The summed E-state index contributed by atoms with van der Waals surface area (Å²) in [6.45, 7) is 3.01. The normalized spacial score (nSPS) is 7.86. The molecule has 3 N–H and O–H groups in total. The van der Waals surface area contributed by atoms with E-state index in [1.165, 1.54) is 0 Å². The first-order chi connectivity index (χ1) is 5.77. The van der Waals surface area contributed by atoms with Gasteiger partial charge in [0.25, 0.3) is 0 Å². The van der Waals surface area contributed by atoms with Gasteiger partial charge in [-0.15, -0.1) is 0 Å². The Bertz CT molecular complexity index is 274. The van der Waals surface area contributed by atoms with Crippen molar-refractivity contribution in [3.05, 3.63) is 12.2 Å². The topological polar surface area (TPSA) is 129 Å². The van der Waals surface area contributed by atoms with Gasteiger partial charge in [0, 0.05) is 16.6 Å². The van der Waals surface area contributed by atoms with Crippen molar-refractivity contribution in [2.45, 2.75) is 6.42 Å². The quantitative estimate of drug-likeness (QED) is 0.159. The first kappa shape index (κ1) is 19.7. The van der Waals surface area contributed by atoms with Gasteiger partial charge in [-0.05, 0) is 0 Å². The summed E-state index contributed by atoms with van der Waals surface area (Å²) in [6.07, 6.45) is -0.505. The van der Waals surface area contributed by atoms with Crippen LogP contribution in [0.1, 0.15) is 6.42 Å². The summed E-state index contributed by atoms with van der Waals surface area (Å²) in [5.41, 5.74) is -0.303. The van der Waals surface area contributed by atoms with Crippen LogP contribution in [-0.4, -0.2) is 26.7 Å². The molecule has 76 valence electrons. The molecule has 14 heavy (non-hydrogen) atoms. The van der Waals surface area contributed by atoms with E-state index in [1.807, 2.05) is 0 Å². The van der Waals surface area contributed by atoms with E-state index < -0.39 is 29.3 Å². The molecular formula is C5H7KO7S. The van der Waals surface area contributed by atoms with Gasteiger partial charge < -0.3 is 23.2 Å². The minimum absolute atomic E-state index is 0. The van der Waals surface area contributed by atoms with E-state index in [2.05, 4.69) is 6.58 Å². The molecule has 0 saturated carbocycles. The van der Waals surface area contributed by atoms with Crippen LogP contribution in [0.4, 0.5) is 0 Å². The average Bonchev–Trinajstić information content (AvgIpc) is 1.83. The average molecular weight is 250 g/mol. The van der Waals surface area contributed by atoms with Crippen molar-refractivity contribution in [2.24, 2.45) is 0 Å². The number of carboxylic acids is 2. The number of hydrogen-bond acceptors (Lipinski definition) is 5. The number of carbonyl (C=O) groups is 2. The molecule has 0 amide bonds. The molecule has 0 fully saturated rings. The molecule has 0 aromatic heterocycles. The number of rotatable bonds is 3. The molecule has 0 aliphatic heterocycles. The Balaban J connectivity index is -0.000000209. The molecule has 0 aromatic carbocycles. The van der Waals surface area contributed by atoms with E-state index in [4.69, 9.17) is 23.2 Å². The summed E-state index contributed by atoms with van der Waals surface area (Å²) in [5, 5.41) is 16.1. The molecular weight excluding hydrogens is 243 g/mol. The minimum Gasteiger partial charge on any atom is -0.481 e. The van der Waals surface area contributed by atoms with Crippen LogP contribution in [0.25, 0.3) is 0 Å². The third kappa shape index (κ3) is 22.8. The van der Waals surface area contributed by atoms with Crippen LogP contribution in [-0.2, 0) is 29.0 Å². The summed E-state index contributed by atoms with van der Waals surface area (Å²) in [5.74, 6) is -2.44. The van der Waals surface area contributed by atoms with Crippen LogP contribution in [0.2, 0.25) is 0 Å². The number of hydrogen-bond donors (Lipinski definition) is 3. The predicted octanol–water partition coefficient (Wildman–Crippen LogP) is -3.13. The van der Waals surface area contributed by atoms with Gasteiger partial charge in [0.1, 0.15) is 0 Å². The predicted molar refractivity (Wildman–Crippen MR) is 40.4 cm³/mol. The molecule has 0 atom stereocenters. The van der Waals surface area contributed by atoms with Crippen LogP contribution in [0.3, 0.4) is 0 Å². The SMILES string of the molecule is C=C(CC(=O)O)C(=O)O.O=[S-](=O)O.[K+]. The van der Waals surface area contributed by atoms with E-state index in [0.717, 1.165) is 0 Å². The monoisotopic (exact) mass is 250 g/mol. The molecule has 0 bridgehead atoms. The summed E-state index contributed by atoms with van der Waals surface area (Å²) >= 11 is 0. The first-order valence-corrected chi connectivity index (χ1v) is 3.71. The molecule has 0 saturated heterocycles. The smallest absolute Gasteiger partial charge is 0.481 e. The third-order valence-corrected chi connectivity index (χ3v) is 0.667. The summed E-state index contributed by atoms with van der Waals surface area (Å²) in [7, 11) is -2.86. The zero-order valence-electron chi connectivity index (χ0n) is 7.30. The standard InChI is InChI=1S/C5H6O4.K.HO3S/c1-3(5(8)9)2-4(6)7;;1-4(2)3/h1-2H2,(H,6,7)(H,8,9);;(H,1,2,3)/q;+1;-1. The molecule has 7 nitrogen and oxygen atoms in total. The first-order valence-electron chi connectivity index (χ1n) is 2.68. The summed E-state index contributed by atoms with van der Waals surface area (Å²) in [4.78, 5) is 19.7. The van der Waals surface area contributed by atoms with E-state index >= 15 is 0 Å². The van der Waals surface area contributed by atoms with E-state index in [-0.39, 0.29) is 57.0 Å². The molecule has 0 aliphatic rings. The molecule has 0 radical (unpaired) electrons. The second-order valence-corrected chi connectivity index (χ2v) is 2.13. The largest absolute Gasteiger partial charge is 1.00 e. The second-order valence-electron chi connectivity index (χ2n) is 1.70. The van der Waals surface area contributed by atoms with Crippen molar-refractivity contribution >= 4 is 22.9 Å².